The lowest BCUT2D eigenvalue weighted by atomic mass is 9.98. The predicted molar refractivity (Wildman–Crippen MR) is 123 cm³/mol. The summed E-state index contributed by atoms with van der Waals surface area (Å²) in [6, 6.07) is 8.01. The van der Waals surface area contributed by atoms with E-state index < -0.39 is 10.0 Å². The van der Waals surface area contributed by atoms with Gasteiger partial charge in [-0.2, -0.15) is 4.31 Å². The second-order valence-corrected chi connectivity index (χ2v) is 10.8. The molecule has 2 saturated heterocycles. The molecule has 0 aromatic heterocycles. The Balaban J connectivity index is 1.74. The lowest BCUT2D eigenvalue weighted by Gasteiger charge is -2.40. The molecule has 1 amide bonds. The molecule has 3 rings (SSSR count). The first kappa shape index (κ1) is 24.2. The number of hydrogen-bond donors (Lipinski definition) is 1. The molecule has 0 saturated carbocycles. The van der Waals surface area contributed by atoms with Crippen molar-refractivity contribution >= 4 is 15.9 Å². The Bertz CT molecular complexity index is 829. The van der Waals surface area contributed by atoms with E-state index in [4.69, 9.17) is 0 Å². The highest BCUT2D eigenvalue weighted by atomic mass is 32.2. The second kappa shape index (κ2) is 10.9. The first-order valence-electron chi connectivity index (χ1n) is 11.6. The monoisotopic (exact) mass is 450 g/mol. The molecule has 1 N–H and O–H groups in total. The summed E-state index contributed by atoms with van der Waals surface area (Å²) in [6.45, 7) is 10.5. The van der Waals surface area contributed by atoms with Crippen LogP contribution in [0.2, 0.25) is 0 Å². The zero-order valence-corrected chi connectivity index (χ0v) is 20.0. The molecule has 8 heteroatoms. The van der Waals surface area contributed by atoms with Crippen molar-refractivity contribution in [3.05, 3.63) is 29.8 Å². The average Bonchev–Trinajstić information content (AvgIpc) is 2.75. The van der Waals surface area contributed by atoms with Gasteiger partial charge in [0.15, 0.2) is 0 Å². The Morgan fingerprint density at radius 3 is 2.39 bits per heavy atom. The summed E-state index contributed by atoms with van der Waals surface area (Å²) >= 11 is 0. The van der Waals surface area contributed by atoms with Gasteiger partial charge < -0.3 is 10.2 Å². The summed E-state index contributed by atoms with van der Waals surface area (Å²) in [5.74, 6) is 0.0335. The van der Waals surface area contributed by atoms with Crippen LogP contribution in [0.25, 0.3) is 0 Å². The molecule has 0 bridgehead atoms. The molecule has 1 aromatic carbocycles. The van der Waals surface area contributed by atoms with Crippen molar-refractivity contribution in [1.82, 2.24) is 19.4 Å². The topological polar surface area (TPSA) is 73.0 Å². The number of benzene rings is 1. The molecule has 0 spiro atoms. The average molecular weight is 451 g/mol. The van der Waals surface area contributed by atoms with E-state index in [1.54, 1.807) is 12.1 Å². The maximum Gasteiger partial charge on any atom is 0.243 e. The summed E-state index contributed by atoms with van der Waals surface area (Å²) in [6.07, 6.45) is 3.74. The smallest absolute Gasteiger partial charge is 0.243 e. The van der Waals surface area contributed by atoms with Gasteiger partial charge in [0.1, 0.15) is 0 Å². The van der Waals surface area contributed by atoms with E-state index in [-0.39, 0.29) is 18.9 Å². The highest BCUT2D eigenvalue weighted by molar-refractivity contribution is 7.89. The number of aryl methyl sites for hydroxylation is 1. The number of nitrogens with one attached hydrogen (secondary N) is 1. The third-order valence-corrected chi connectivity index (χ3v) is 8.80. The van der Waals surface area contributed by atoms with Crippen LogP contribution in [0.4, 0.5) is 0 Å². The fraction of sp³-hybridized carbons (Fsp3) is 0.696. The van der Waals surface area contributed by atoms with Crippen molar-refractivity contribution in [2.75, 3.05) is 45.8 Å². The van der Waals surface area contributed by atoms with Crippen molar-refractivity contribution in [3.63, 3.8) is 0 Å². The van der Waals surface area contributed by atoms with Gasteiger partial charge >= 0.3 is 0 Å². The fourth-order valence-electron chi connectivity index (χ4n) is 4.77. The molecule has 2 aliphatic rings. The van der Waals surface area contributed by atoms with Gasteiger partial charge in [-0.25, -0.2) is 8.42 Å². The lowest BCUT2D eigenvalue weighted by Crippen LogP contribution is -2.49. The number of nitrogens with zero attached hydrogens (tertiary/aromatic N) is 3. The van der Waals surface area contributed by atoms with Crippen LogP contribution in [0, 0.1) is 6.92 Å². The zero-order chi connectivity index (χ0) is 22.4. The molecule has 0 radical (unpaired) electrons. The van der Waals surface area contributed by atoms with E-state index in [0.29, 0.717) is 43.2 Å². The lowest BCUT2D eigenvalue weighted by molar-refractivity contribution is -0.131. The van der Waals surface area contributed by atoms with Crippen molar-refractivity contribution < 1.29 is 13.2 Å². The Labute approximate surface area is 187 Å². The molecule has 0 aliphatic carbocycles. The van der Waals surface area contributed by atoms with Crippen molar-refractivity contribution in [2.24, 2.45) is 0 Å². The first-order valence-corrected chi connectivity index (χ1v) is 13.0. The summed E-state index contributed by atoms with van der Waals surface area (Å²) < 4.78 is 28.6. The minimum absolute atomic E-state index is 0.0335. The van der Waals surface area contributed by atoms with Crippen LogP contribution in [0.3, 0.4) is 0 Å². The van der Waals surface area contributed by atoms with Crippen molar-refractivity contribution in [2.45, 2.75) is 63.4 Å². The molecule has 2 fully saturated rings. The number of amides is 1. The Hall–Kier alpha value is -1.48. The van der Waals surface area contributed by atoms with Crippen LogP contribution in [0.15, 0.2) is 29.2 Å². The summed E-state index contributed by atoms with van der Waals surface area (Å²) in [5, 5.41) is 3.25. The van der Waals surface area contributed by atoms with Crippen LogP contribution in [0.5, 0.6) is 0 Å². The minimum Gasteiger partial charge on any atom is -0.340 e. The van der Waals surface area contributed by atoms with E-state index in [2.05, 4.69) is 24.1 Å². The van der Waals surface area contributed by atoms with Gasteiger partial charge in [0.05, 0.1) is 4.90 Å². The normalized spacial score (nSPS) is 23.3. The molecule has 174 valence electrons. The standard InChI is InChI=1S/C23H38N4O3S/c1-19-7-4-5-10-22(19)31(29,30)26(14-11-23(28)25-15-12-24-13-16-25)17-18-27-20(2)8-6-9-21(27)3/h4-5,7,10,20-21,24H,6,8-9,11-18H2,1-3H3/t20-,21-/m0/s1. The number of piperazine rings is 1. The molecule has 7 nitrogen and oxygen atoms in total. The van der Waals surface area contributed by atoms with Gasteiger partial charge in [-0.15, -0.1) is 0 Å². The molecule has 2 aliphatic heterocycles. The summed E-state index contributed by atoms with van der Waals surface area (Å²) in [7, 11) is -3.67. The van der Waals surface area contributed by atoms with Gasteiger partial charge in [0, 0.05) is 64.3 Å². The highest BCUT2D eigenvalue weighted by Gasteiger charge is 2.30. The number of carbonyl (C=O) groups excluding carboxylic acids is 1. The van der Waals surface area contributed by atoms with Crippen LogP contribution in [0.1, 0.15) is 45.1 Å². The van der Waals surface area contributed by atoms with Gasteiger partial charge in [0.2, 0.25) is 15.9 Å². The number of carbonyl (C=O) groups is 1. The van der Waals surface area contributed by atoms with Crippen molar-refractivity contribution in [1.29, 1.82) is 0 Å². The van der Waals surface area contributed by atoms with E-state index in [0.717, 1.165) is 31.5 Å². The number of rotatable bonds is 8. The largest absolute Gasteiger partial charge is 0.340 e. The van der Waals surface area contributed by atoms with Crippen molar-refractivity contribution in [3.8, 4) is 0 Å². The maximum absolute atomic E-state index is 13.6. The van der Waals surface area contributed by atoms with E-state index in [1.807, 2.05) is 24.0 Å². The van der Waals surface area contributed by atoms with Gasteiger partial charge in [0.25, 0.3) is 0 Å². The van der Waals surface area contributed by atoms with E-state index in [1.165, 1.54) is 10.7 Å². The van der Waals surface area contributed by atoms with Crippen LogP contribution in [-0.4, -0.2) is 86.3 Å². The molecule has 31 heavy (non-hydrogen) atoms. The fourth-order valence-corrected chi connectivity index (χ4v) is 6.43. The van der Waals surface area contributed by atoms with E-state index >= 15 is 0 Å². The number of likely N-dealkylation sites (tertiary alicyclic amines) is 1. The number of hydrogen-bond acceptors (Lipinski definition) is 5. The third kappa shape index (κ3) is 6.06. The van der Waals surface area contributed by atoms with Crippen LogP contribution < -0.4 is 5.32 Å². The van der Waals surface area contributed by atoms with E-state index in [9.17, 15) is 13.2 Å². The molecular formula is C23H38N4O3S. The molecule has 2 atom stereocenters. The predicted octanol–water partition coefficient (Wildman–Crippen LogP) is 2.07. The third-order valence-electron chi connectivity index (χ3n) is 6.74. The minimum atomic E-state index is -3.67. The van der Waals surface area contributed by atoms with Gasteiger partial charge in [-0.3, -0.25) is 9.69 Å². The van der Waals surface area contributed by atoms with Gasteiger partial charge in [-0.1, -0.05) is 24.6 Å². The number of piperidine rings is 1. The SMILES string of the molecule is Cc1ccccc1S(=O)(=O)N(CCC(=O)N1CCNCC1)CCN1[C@@H](C)CCC[C@@H]1C. The van der Waals surface area contributed by atoms with Crippen LogP contribution in [-0.2, 0) is 14.8 Å². The Morgan fingerprint density at radius 2 is 1.74 bits per heavy atom. The molecular weight excluding hydrogens is 412 g/mol. The quantitative estimate of drug-likeness (QED) is 0.656. The van der Waals surface area contributed by atoms with Gasteiger partial charge in [-0.05, 0) is 45.2 Å². The number of sulfonamides is 1. The zero-order valence-electron chi connectivity index (χ0n) is 19.2. The second-order valence-electron chi connectivity index (χ2n) is 8.92. The first-order chi connectivity index (χ1) is 14.8. The molecule has 0 unspecified atom stereocenters. The molecule has 1 aromatic rings. The van der Waals surface area contributed by atoms with Crippen LogP contribution >= 0.6 is 0 Å². The Kier molecular flexibility index (Phi) is 8.50. The molecule has 2 heterocycles. The summed E-state index contributed by atoms with van der Waals surface area (Å²) in [4.78, 5) is 17.3. The highest BCUT2D eigenvalue weighted by Crippen LogP contribution is 2.24. The maximum atomic E-state index is 13.6. The summed E-state index contributed by atoms with van der Waals surface area (Å²) in [5.41, 5.74) is 0.737. The Morgan fingerprint density at radius 1 is 1.10 bits per heavy atom.